The van der Waals surface area contributed by atoms with Crippen molar-refractivity contribution in [1.29, 1.82) is 0 Å². The lowest BCUT2D eigenvalue weighted by molar-refractivity contribution is -0.127. The number of carbonyl (C=O) groups excluding carboxylic acids is 1. The first kappa shape index (κ1) is 15.0. The van der Waals surface area contributed by atoms with E-state index < -0.39 is 0 Å². The van der Waals surface area contributed by atoms with Gasteiger partial charge in [0.1, 0.15) is 5.78 Å². The number of hydrogen-bond acceptors (Lipinski definition) is 2. The number of hydrogen-bond donors (Lipinski definition) is 0. The van der Waals surface area contributed by atoms with Crippen LogP contribution in [0.4, 0.5) is 0 Å². The Morgan fingerprint density at radius 2 is 1.60 bits per heavy atom. The molecule has 0 amide bonds. The van der Waals surface area contributed by atoms with E-state index in [1.807, 2.05) is 32.5 Å². The van der Waals surface area contributed by atoms with E-state index in [2.05, 4.69) is 27.0 Å². The van der Waals surface area contributed by atoms with E-state index in [0.29, 0.717) is 18.1 Å². The maximum Gasteiger partial charge on any atom is 0.138 e. The number of ketones is 1. The predicted octanol–water partition coefficient (Wildman–Crippen LogP) is 4.02. The summed E-state index contributed by atoms with van der Waals surface area (Å²) >= 11 is 1.84. The van der Waals surface area contributed by atoms with Gasteiger partial charge < -0.3 is 0 Å². The second-order valence-corrected chi connectivity index (χ2v) is 7.31. The highest BCUT2D eigenvalue weighted by Gasteiger charge is 2.30. The van der Waals surface area contributed by atoms with E-state index in [-0.39, 0.29) is 10.8 Å². The molecule has 0 aromatic heterocycles. The van der Waals surface area contributed by atoms with Gasteiger partial charge in [-0.05, 0) is 23.3 Å². The Kier molecular flexibility index (Phi) is 5.39. The molecule has 0 rings (SSSR count). The first-order valence-electron chi connectivity index (χ1n) is 5.61. The monoisotopic (exact) mass is 230 g/mol. The lowest BCUT2D eigenvalue weighted by Gasteiger charge is -2.31. The van der Waals surface area contributed by atoms with E-state index in [0.717, 1.165) is 5.75 Å². The SMILES string of the molecule is CSC[C@H](CC(=O)C(C)(C)C)C(C)(C)C. The van der Waals surface area contributed by atoms with Crippen molar-refractivity contribution >= 4 is 17.5 Å². The van der Waals surface area contributed by atoms with Gasteiger partial charge in [-0.25, -0.2) is 0 Å². The van der Waals surface area contributed by atoms with E-state index in [9.17, 15) is 4.79 Å². The molecule has 1 atom stereocenters. The van der Waals surface area contributed by atoms with Crippen molar-refractivity contribution in [3.63, 3.8) is 0 Å². The summed E-state index contributed by atoms with van der Waals surface area (Å²) < 4.78 is 0. The minimum atomic E-state index is -0.193. The minimum Gasteiger partial charge on any atom is -0.299 e. The van der Waals surface area contributed by atoms with Crippen LogP contribution in [0.1, 0.15) is 48.0 Å². The molecule has 90 valence electrons. The normalized spacial score (nSPS) is 15.1. The van der Waals surface area contributed by atoms with Crippen molar-refractivity contribution in [1.82, 2.24) is 0 Å². The molecule has 0 fully saturated rings. The molecule has 0 saturated carbocycles. The zero-order valence-corrected chi connectivity index (χ0v) is 12.1. The first-order chi connectivity index (χ1) is 6.59. The highest BCUT2D eigenvalue weighted by atomic mass is 32.2. The summed E-state index contributed by atoms with van der Waals surface area (Å²) in [5.41, 5.74) is 0.0336. The van der Waals surface area contributed by atoms with Gasteiger partial charge in [0, 0.05) is 11.8 Å². The summed E-state index contributed by atoms with van der Waals surface area (Å²) in [6.07, 6.45) is 2.83. The van der Waals surface area contributed by atoms with Crippen LogP contribution < -0.4 is 0 Å². The smallest absolute Gasteiger partial charge is 0.138 e. The molecule has 0 bridgehead atoms. The standard InChI is InChI=1S/C13H26OS/c1-12(2,3)10(9-15-7)8-11(14)13(4,5)6/h10H,8-9H2,1-7H3/t10-/m0/s1. The molecular formula is C13H26OS. The molecule has 0 spiro atoms. The first-order valence-corrected chi connectivity index (χ1v) is 7.00. The molecule has 0 saturated heterocycles. The lowest BCUT2D eigenvalue weighted by Crippen LogP contribution is -2.30. The summed E-state index contributed by atoms with van der Waals surface area (Å²) in [5, 5.41) is 0. The van der Waals surface area contributed by atoms with Crippen LogP contribution in [0.2, 0.25) is 0 Å². The third-order valence-corrected chi connectivity index (χ3v) is 3.60. The van der Waals surface area contributed by atoms with Crippen molar-refractivity contribution in [2.75, 3.05) is 12.0 Å². The van der Waals surface area contributed by atoms with Crippen molar-refractivity contribution in [3.05, 3.63) is 0 Å². The molecule has 0 heterocycles. The van der Waals surface area contributed by atoms with Crippen LogP contribution in [0.3, 0.4) is 0 Å². The van der Waals surface area contributed by atoms with E-state index in [1.165, 1.54) is 0 Å². The molecule has 0 aliphatic heterocycles. The van der Waals surface area contributed by atoms with Gasteiger partial charge in [0.2, 0.25) is 0 Å². The summed E-state index contributed by atoms with van der Waals surface area (Å²) in [6, 6.07) is 0. The zero-order chi connectivity index (χ0) is 12.3. The van der Waals surface area contributed by atoms with Crippen LogP contribution in [0.15, 0.2) is 0 Å². The van der Waals surface area contributed by atoms with Gasteiger partial charge >= 0.3 is 0 Å². The largest absolute Gasteiger partial charge is 0.299 e. The molecule has 0 aromatic rings. The molecular weight excluding hydrogens is 204 g/mol. The van der Waals surface area contributed by atoms with Crippen LogP contribution in [0.25, 0.3) is 0 Å². The lowest BCUT2D eigenvalue weighted by atomic mass is 9.75. The fraction of sp³-hybridized carbons (Fsp3) is 0.923. The number of thioether (sulfide) groups is 1. The maximum atomic E-state index is 12.0. The molecule has 0 radical (unpaired) electrons. The van der Waals surface area contributed by atoms with Gasteiger partial charge in [-0.2, -0.15) is 11.8 Å². The maximum absolute atomic E-state index is 12.0. The van der Waals surface area contributed by atoms with E-state index in [1.54, 1.807) is 0 Å². The van der Waals surface area contributed by atoms with E-state index >= 15 is 0 Å². The van der Waals surface area contributed by atoms with Gasteiger partial charge in [0.05, 0.1) is 0 Å². The Morgan fingerprint density at radius 3 is 1.87 bits per heavy atom. The molecule has 0 unspecified atom stereocenters. The Balaban J connectivity index is 4.50. The van der Waals surface area contributed by atoms with Gasteiger partial charge in [0.25, 0.3) is 0 Å². The average molecular weight is 230 g/mol. The van der Waals surface area contributed by atoms with Crippen molar-refractivity contribution in [2.24, 2.45) is 16.7 Å². The molecule has 2 heteroatoms. The number of Topliss-reactive ketones (excluding diaryl/α,β-unsaturated/α-hetero) is 1. The van der Waals surface area contributed by atoms with Crippen molar-refractivity contribution < 1.29 is 4.79 Å². The Hall–Kier alpha value is 0.0200. The molecule has 0 aliphatic carbocycles. The number of carbonyl (C=O) groups is 1. The van der Waals surface area contributed by atoms with Gasteiger partial charge in [-0.1, -0.05) is 41.5 Å². The molecule has 0 N–H and O–H groups in total. The summed E-state index contributed by atoms with van der Waals surface area (Å²) in [5.74, 6) is 1.95. The van der Waals surface area contributed by atoms with Crippen LogP contribution >= 0.6 is 11.8 Å². The Bertz CT molecular complexity index is 208. The topological polar surface area (TPSA) is 17.1 Å². The molecule has 0 aliphatic rings. The quantitative estimate of drug-likeness (QED) is 0.725. The predicted molar refractivity (Wildman–Crippen MR) is 70.4 cm³/mol. The second kappa shape index (κ2) is 5.38. The fourth-order valence-corrected chi connectivity index (χ4v) is 2.37. The third kappa shape index (κ3) is 5.60. The van der Waals surface area contributed by atoms with Crippen LogP contribution in [0, 0.1) is 16.7 Å². The highest BCUT2D eigenvalue weighted by molar-refractivity contribution is 7.98. The van der Waals surface area contributed by atoms with Crippen LogP contribution in [0.5, 0.6) is 0 Å². The van der Waals surface area contributed by atoms with Crippen molar-refractivity contribution in [3.8, 4) is 0 Å². The Morgan fingerprint density at radius 1 is 1.13 bits per heavy atom. The average Bonchev–Trinajstić information content (AvgIpc) is 1.99. The minimum absolute atomic E-state index is 0.193. The summed E-state index contributed by atoms with van der Waals surface area (Å²) in [4.78, 5) is 12.0. The molecule has 0 aromatic carbocycles. The van der Waals surface area contributed by atoms with Crippen LogP contribution in [-0.2, 0) is 4.79 Å². The summed E-state index contributed by atoms with van der Waals surface area (Å²) in [7, 11) is 0. The highest BCUT2D eigenvalue weighted by Crippen LogP contribution is 2.33. The third-order valence-electron chi connectivity index (χ3n) is 2.86. The molecule has 1 nitrogen and oxygen atoms in total. The fourth-order valence-electron chi connectivity index (χ4n) is 1.35. The van der Waals surface area contributed by atoms with Gasteiger partial charge in [-0.3, -0.25) is 4.79 Å². The van der Waals surface area contributed by atoms with Crippen molar-refractivity contribution in [2.45, 2.75) is 48.0 Å². The zero-order valence-electron chi connectivity index (χ0n) is 11.3. The van der Waals surface area contributed by atoms with Gasteiger partial charge in [-0.15, -0.1) is 0 Å². The molecule has 15 heavy (non-hydrogen) atoms. The Labute approximate surface area is 99.4 Å². The van der Waals surface area contributed by atoms with Crippen LogP contribution in [-0.4, -0.2) is 17.8 Å². The van der Waals surface area contributed by atoms with Gasteiger partial charge in [0.15, 0.2) is 0 Å². The van der Waals surface area contributed by atoms with E-state index in [4.69, 9.17) is 0 Å². The summed E-state index contributed by atoms with van der Waals surface area (Å²) in [6.45, 7) is 12.7. The number of rotatable bonds is 4. The second-order valence-electron chi connectivity index (χ2n) is 6.40.